The van der Waals surface area contributed by atoms with Crippen molar-refractivity contribution in [2.45, 2.75) is 32.0 Å². The van der Waals surface area contributed by atoms with Gasteiger partial charge in [-0.25, -0.2) is 0 Å². The van der Waals surface area contributed by atoms with Crippen molar-refractivity contribution >= 4 is 0 Å². The van der Waals surface area contributed by atoms with Crippen LogP contribution in [0.2, 0.25) is 0 Å². The first-order valence-corrected chi connectivity index (χ1v) is 3.45. The van der Waals surface area contributed by atoms with Crippen molar-refractivity contribution in [3.8, 4) is 0 Å². The van der Waals surface area contributed by atoms with Crippen LogP contribution in [0.15, 0.2) is 0 Å². The molecule has 0 bridgehead atoms. The van der Waals surface area contributed by atoms with Gasteiger partial charge in [-0.2, -0.15) is 0 Å². The third-order valence-corrected chi connectivity index (χ3v) is 2.01. The van der Waals surface area contributed by atoms with Crippen LogP contribution in [0.5, 0.6) is 0 Å². The van der Waals surface area contributed by atoms with Crippen LogP contribution in [-0.2, 0) is 4.74 Å². The molecule has 1 aliphatic carbocycles. The highest BCUT2D eigenvalue weighted by Crippen LogP contribution is 2.26. The van der Waals surface area contributed by atoms with E-state index in [1.54, 1.807) is 7.11 Å². The molecule has 9 heavy (non-hydrogen) atoms. The summed E-state index contributed by atoms with van der Waals surface area (Å²) in [5.74, 6) is 0.630. The Kier molecular flexibility index (Phi) is 2.09. The fraction of sp³-hybridized carbons (Fsp3) is 1.00. The van der Waals surface area contributed by atoms with Gasteiger partial charge in [0.1, 0.15) is 0 Å². The van der Waals surface area contributed by atoms with Crippen molar-refractivity contribution in [1.29, 1.82) is 0 Å². The molecule has 0 saturated heterocycles. The molecule has 0 aliphatic heterocycles. The molecular formula is C7H14O2. The van der Waals surface area contributed by atoms with Gasteiger partial charge in [0.15, 0.2) is 0 Å². The fourth-order valence-corrected chi connectivity index (χ4v) is 1.47. The van der Waals surface area contributed by atoms with Gasteiger partial charge in [0.2, 0.25) is 0 Å². The Morgan fingerprint density at radius 2 is 2.11 bits per heavy atom. The minimum absolute atomic E-state index is 0.0972. The van der Waals surface area contributed by atoms with Gasteiger partial charge in [-0.3, -0.25) is 0 Å². The van der Waals surface area contributed by atoms with Crippen molar-refractivity contribution in [3.05, 3.63) is 0 Å². The summed E-state index contributed by atoms with van der Waals surface area (Å²) in [5.41, 5.74) is 0. The zero-order chi connectivity index (χ0) is 6.85. The summed E-state index contributed by atoms with van der Waals surface area (Å²) in [6, 6.07) is 0. The number of aliphatic hydroxyl groups excluding tert-OH is 1. The highest BCUT2D eigenvalue weighted by Gasteiger charge is 2.29. The fourth-order valence-electron chi connectivity index (χ4n) is 1.47. The van der Waals surface area contributed by atoms with E-state index in [-0.39, 0.29) is 12.2 Å². The molecule has 0 spiro atoms. The van der Waals surface area contributed by atoms with E-state index in [1.165, 1.54) is 0 Å². The molecule has 0 aromatic heterocycles. The molecule has 0 aromatic carbocycles. The van der Waals surface area contributed by atoms with Crippen LogP contribution in [0.25, 0.3) is 0 Å². The van der Waals surface area contributed by atoms with Gasteiger partial charge in [0.25, 0.3) is 0 Å². The molecule has 1 aliphatic rings. The second-order valence-corrected chi connectivity index (χ2v) is 2.92. The van der Waals surface area contributed by atoms with Gasteiger partial charge < -0.3 is 9.84 Å². The number of ether oxygens (including phenoxy) is 1. The predicted octanol–water partition coefficient (Wildman–Crippen LogP) is 0.792. The highest BCUT2D eigenvalue weighted by molar-refractivity contribution is 4.81. The van der Waals surface area contributed by atoms with Crippen LogP contribution in [0.1, 0.15) is 19.8 Å². The lowest BCUT2D eigenvalue weighted by Gasteiger charge is -2.10. The second kappa shape index (κ2) is 2.67. The van der Waals surface area contributed by atoms with Crippen molar-refractivity contribution < 1.29 is 9.84 Å². The summed E-state index contributed by atoms with van der Waals surface area (Å²) in [7, 11) is 1.66. The van der Waals surface area contributed by atoms with E-state index in [4.69, 9.17) is 4.74 Å². The maximum absolute atomic E-state index is 9.23. The summed E-state index contributed by atoms with van der Waals surface area (Å²) in [6.45, 7) is 2.14. The topological polar surface area (TPSA) is 29.5 Å². The number of hydrogen-bond acceptors (Lipinski definition) is 2. The van der Waals surface area contributed by atoms with E-state index in [0.717, 1.165) is 12.8 Å². The van der Waals surface area contributed by atoms with E-state index in [2.05, 4.69) is 6.92 Å². The van der Waals surface area contributed by atoms with Crippen LogP contribution in [0.3, 0.4) is 0 Å². The molecule has 2 nitrogen and oxygen atoms in total. The monoisotopic (exact) mass is 130 g/mol. The minimum Gasteiger partial charge on any atom is -0.390 e. The number of rotatable bonds is 1. The summed E-state index contributed by atoms with van der Waals surface area (Å²) in [4.78, 5) is 0. The highest BCUT2D eigenvalue weighted by atomic mass is 16.5. The second-order valence-electron chi connectivity index (χ2n) is 2.92. The quantitative estimate of drug-likeness (QED) is 0.568. The Morgan fingerprint density at radius 3 is 2.33 bits per heavy atom. The van der Waals surface area contributed by atoms with E-state index in [9.17, 15) is 5.11 Å². The van der Waals surface area contributed by atoms with E-state index < -0.39 is 0 Å². The van der Waals surface area contributed by atoms with Crippen LogP contribution in [0, 0.1) is 5.92 Å². The van der Waals surface area contributed by atoms with Crippen molar-refractivity contribution in [1.82, 2.24) is 0 Å². The standard InChI is InChI=1S/C7H14O2/c1-5-3-6(8)7(4-5)9-2/h5-8H,3-4H2,1-2H3/t5?,6-,7+/m0/s1. The van der Waals surface area contributed by atoms with Gasteiger partial charge in [0.05, 0.1) is 12.2 Å². The van der Waals surface area contributed by atoms with Gasteiger partial charge in [-0.15, -0.1) is 0 Å². The van der Waals surface area contributed by atoms with Gasteiger partial charge in [-0.1, -0.05) is 6.92 Å². The molecule has 0 amide bonds. The number of hydrogen-bond donors (Lipinski definition) is 1. The Labute approximate surface area is 55.8 Å². The first-order valence-electron chi connectivity index (χ1n) is 3.45. The zero-order valence-corrected chi connectivity index (χ0v) is 6.00. The third kappa shape index (κ3) is 1.43. The van der Waals surface area contributed by atoms with Crippen LogP contribution < -0.4 is 0 Å². The molecule has 2 heteroatoms. The molecule has 1 saturated carbocycles. The maximum atomic E-state index is 9.23. The van der Waals surface area contributed by atoms with Gasteiger partial charge in [-0.05, 0) is 18.8 Å². The lowest BCUT2D eigenvalue weighted by molar-refractivity contribution is 0.00977. The van der Waals surface area contributed by atoms with Gasteiger partial charge in [0, 0.05) is 7.11 Å². The predicted molar refractivity (Wildman–Crippen MR) is 35.2 cm³/mol. The zero-order valence-electron chi connectivity index (χ0n) is 6.00. The Hall–Kier alpha value is -0.0800. The lowest BCUT2D eigenvalue weighted by atomic mass is 10.1. The molecule has 0 radical (unpaired) electrons. The van der Waals surface area contributed by atoms with Crippen molar-refractivity contribution in [2.75, 3.05) is 7.11 Å². The molecule has 54 valence electrons. The summed E-state index contributed by atoms with van der Waals surface area (Å²) in [5, 5.41) is 9.23. The van der Waals surface area contributed by atoms with Gasteiger partial charge >= 0.3 is 0 Å². The third-order valence-electron chi connectivity index (χ3n) is 2.01. The van der Waals surface area contributed by atoms with E-state index >= 15 is 0 Å². The average molecular weight is 130 g/mol. The maximum Gasteiger partial charge on any atom is 0.0832 e. The molecule has 1 unspecified atom stereocenters. The first-order chi connectivity index (χ1) is 4.24. The normalized spacial score (nSPS) is 43.7. The summed E-state index contributed by atoms with van der Waals surface area (Å²) < 4.78 is 5.04. The summed E-state index contributed by atoms with van der Waals surface area (Å²) >= 11 is 0. The van der Waals surface area contributed by atoms with Crippen LogP contribution in [-0.4, -0.2) is 24.4 Å². The van der Waals surface area contributed by atoms with Crippen LogP contribution >= 0.6 is 0 Å². The van der Waals surface area contributed by atoms with E-state index in [0.29, 0.717) is 5.92 Å². The van der Waals surface area contributed by atoms with Crippen LogP contribution in [0.4, 0.5) is 0 Å². The first kappa shape index (κ1) is 7.03. The Balaban J connectivity index is 2.38. The Morgan fingerprint density at radius 1 is 1.44 bits per heavy atom. The summed E-state index contributed by atoms with van der Waals surface area (Å²) in [6.07, 6.45) is 1.79. The molecule has 0 aromatic rings. The average Bonchev–Trinajstić information content (AvgIpc) is 2.10. The van der Waals surface area contributed by atoms with Crippen molar-refractivity contribution in [3.63, 3.8) is 0 Å². The smallest absolute Gasteiger partial charge is 0.0832 e. The van der Waals surface area contributed by atoms with E-state index in [1.807, 2.05) is 0 Å². The SMILES string of the molecule is CO[C@@H]1CC(C)C[C@@H]1O. The number of methoxy groups -OCH3 is 1. The lowest BCUT2D eigenvalue weighted by Crippen LogP contribution is -2.20. The molecule has 1 fully saturated rings. The molecule has 1 N–H and O–H groups in total. The number of aliphatic hydroxyl groups is 1. The van der Waals surface area contributed by atoms with Crippen molar-refractivity contribution in [2.24, 2.45) is 5.92 Å². The molecular weight excluding hydrogens is 116 g/mol. The molecule has 3 atom stereocenters. The minimum atomic E-state index is -0.218. The Bertz CT molecular complexity index is 92.9. The largest absolute Gasteiger partial charge is 0.390 e. The molecule has 0 heterocycles. The molecule has 1 rings (SSSR count).